The van der Waals surface area contributed by atoms with E-state index in [1.807, 2.05) is 24.9 Å². The van der Waals surface area contributed by atoms with Crippen molar-refractivity contribution in [1.29, 1.82) is 0 Å². The lowest BCUT2D eigenvalue weighted by atomic mass is 10.1. The Labute approximate surface area is 218 Å². The quantitative estimate of drug-likeness (QED) is 0.469. The predicted octanol–water partition coefficient (Wildman–Crippen LogP) is 3.85. The molecular formula is C25H30F3N7O3. The molecule has 1 fully saturated rings. The van der Waals surface area contributed by atoms with E-state index in [2.05, 4.69) is 20.6 Å². The number of amides is 2. The number of benzene rings is 1. The van der Waals surface area contributed by atoms with Crippen molar-refractivity contribution < 1.29 is 27.5 Å². The highest BCUT2D eigenvalue weighted by Crippen LogP contribution is 2.34. The average Bonchev–Trinajstić information content (AvgIpc) is 2.87. The molecule has 0 bridgehead atoms. The lowest BCUT2D eigenvalue weighted by molar-refractivity contribution is -0.137. The minimum atomic E-state index is -4.65. The van der Waals surface area contributed by atoms with Gasteiger partial charge in [0, 0.05) is 50.3 Å². The van der Waals surface area contributed by atoms with Crippen LogP contribution in [0, 0.1) is 0 Å². The van der Waals surface area contributed by atoms with Gasteiger partial charge in [-0.05, 0) is 49.7 Å². The maximum Gasteiger partial charge on any atom is 0.421 e. The van der Waals surface area contributed by atoms with Gasteiger partial charge in [-0.2, -0.15) is 18.2 Å². The summed E-state index contributed by atoms with van der Waals surface area (Å²) in [6, 6.07) is 5.48. The summed E-state index contributed by atoms with van der Waals surface area (Å²) in [5.74, 6) is -0.339. The van der Waals surface area contributed by atoms with Crippen molar-refractivity contribution in [2.75, 3.05) is 61.8 Å². The van der Waals surface area contributed by atoms with Crippen molar-refractivity contribution in [2.24, 2.45) is 0 Å². The summed E-state index contributed by atoms with van der Waals surface area (Å²) in [5.41, 5.74) is 1.30. The number of cyclic esters (lactones) is 1. The van der Waals surface area contributed by atoms with Gasteiger partial charge in [0.25, 0.3) is 0 Å². The number of hydrogen-bond donors (Lipinski definition) is 2. The second-order valence-electron chi connectivity index (χ2n) is 9.04. The van der Waals surface area contributed by atoms with Crippen LogP contribution in [-0.4, -0.2) is 78.1 Å². The molecule has 0 saturated carbocycles. The maximum atomic E-state index is 13.6. The first-order chi connectivity index (χ1) is 18.2. The van der Waals surface area contributed by atoms with E-state index in [-0.39, 0.29) is 24.2 Å². The number of nitrogens with one attached hydrogen (secondary N) is 2. The zero-order valence-electron chi connectivity index (χ0n) is 21.2. The first kappa shape index (κ1) is 27.2. The Balaban J connectivity index is 1.47. The van der Waals surface area contributed by atoms with Gasteiger partial charge in [-0.15, -0.1) is 0 Å². The molecule has 204 valence electrons. The number of rotatable bonds is 9. The third kappa shape index (κ3) is 6.52. The lowest BCUT2D eigenvalue weighted by Crippen LogP contribution is -2.48. The fourth-order valence-electron chi connectivity index (χ4n) is 4.22. The Morgan fingerprint density at radius 1 is 1.18 bits per heavy atom. The number of hydrogen-bond acceptors (Lipinski definition) is 8. The van der Waals surface area contributed by atoms with Crippen molar-refractivity contribution >= 4 is 35.1 Å². The molecule has 2 aliphatic rings. The number of anilines is 4. The van der Waals surface area contributed by atoms with Crippen LogP contribution in [0.25, 0.3) is 0 Å². The van der Waals surface area contributed by atoms with Gasteiger partial charge in [0.15, 0.2) is 0 Å². The van der Waals surface area contributed by atoms with Crippen molar-refractivity contribution in [2.45, 2.75) is 25.9 Å². The Bertz CT molecular complexity index is 1210. The fraction of sp³-hybridized carbons (Fsp3) is 0.440. The number of carbonyl (C=O) groups is 2. The first-order valence-electron chi connectivity index (χ1n) is 12.3. The Kier molecular flexibility index (Phi) is 8.35. The van der Waals surface area contributed by atoms with Gasteiger partial charge in [0.05, 0.1) is 12.8 Å². The minimum absolute atomic E-state index is 0.00312. The summed E-state index contributed by atoms with van der Waals surface area (Å²) >= 11 is 0. The van der Waals surface area contributed by atoms with Gasteiger partial charge in [0.1, 0.15) is 11.4 Å². The summed E-state index contributed by atoms with van der Waals surface area (Å²) in [6.45, 7) is 4.49. The number of piperazine rings is 1. The van der Waals surface area contributed by atoms with E-state index in [9.17, 15) is 22.8 Å². The van der Waals surface area contributed by atoms with Crippen LogP contribution in [0.2, 0.25) is 0 Å². The predicted molar refractivity (Wildman–Crippen MR) is 136 cm³/mol. The summed E-state index contributed by atoms with van der Waals surface area (Å²) in [6.07, 6.45) is -0.394. The van der Waals surface area contributed by atoms with Crippen molar-refractivity contribution in [3.05, 3.63) is 47.9 Å². The molecule has 3 heterocycles. The van der Waals surface area contributed by atoms with Gasteiger partial charge in [0.2, 0.25) is 11.9 Å². The van der Waals surface area contributed by atoms with Crippen LogP contribution in [0.15, 0.2) is 36.7 Å². The van der Waals surface area contributed by atoms with E-state index >= 15 is 0 Å². The molecule has 2 N–H and O–H groups in total. The second kappa shape index (κ2) is 11.7. The molecule has 0 radical (unpaired) electrons. The Morgan fingerprint density at radius 3 is 2.71 bits per heavy atom. The highest BCUT2D eigenvalue weighted by Gasteiger charge is 2.35. The molecule has 0 aliphatic carbocycles. The van der Waals surface area contributed by atoms with E-state index in [0.29, 0.717) is 44.7 Å². The number of aromatic nitrogens is 2. The smallest absolute Gasteiger partial charge is 0.418 e. The van der Waals surface area contributed by atoms with Crippen LogP contribution >= 0.6 is 0 Å². The molecule has 2 amide bonds. The SMILES string of the molecule is CCc1cc(N2CCN(C)CC2=O)ccc1Nc1ncc(C(F)(F)F)c(NCCCN2CC=COC2=O)n1. The third-order valence-electron chi connectivity index (χ3n) is 6.28. The molecule has 4 rings (SSSR count). The molecule has 0 spiro atoms. The largest absolute Gasteiger partial charge is 0.421 e. The first-order valence-corrected chi connectivity index (χ1v) is 12.3. The summed E-state index contributed by atoms with van der Waals surface area (Å²) in [5, 5.41) is 5.75. The molecular weight excluding hydrogens is 503 g/mol. The monoisotopic (exact) mass is 533 g/mol. The number of likely N-dealkylation sites (N-methyl/N-ethyl adjacent to an activating group) is 1. The van der Waals surface area contributed by atoms with Crippen molar-refractivity contribution in [3.63, 3.8) is 0 Å². The number of aryl methyl sites for hydroxylation is 1. The van der Waals surface area contributed by atoms with Crippen molar-refractivity contribution in [1.82, 2.24) is 19.8 Å². The number of alkyl halides is 3. The molecule has 0 atom stereocenters. The van der Waals surface area contributed by atoms with E-state index in [1.54, 1.807) is 23.1 Å². The molecule has 2 aliphatic heterocycles. The lowest BCUT2D eigenvalue weighted by Gasteiger charge is -2.32. The third-order valence-corrected chi connectivity index (χ3v) is 6.28. The molecule has 1 aromatic heterocycles. The molecule has 10 nitrogen and oxygen atoms in total. The van der Waals surface area contributed by atoms with E-state index in [0.717, 1.165) is 24.0 Å². The normalized spacial score (nSPS) is 16.6. The maximum absolute atomic E-state index is 13.6. The van der Waals surface area contributed by atoms with Gasteiger partial charge < -0.3 is 25.2 Å². The van der Waals surface area contributed by atoms with Crippen LogP contribution in [0.5, 0.6) is 0 Å². The minimum Gasteiger partial charge on any atom is -0.418 e. The van der Waals surface area contributed by atoms with Crippen LogP contribution in [0.3, 0.4) is 0 Å². The van der Waals surface area contributed by atoms with Crippen LogP contribution < -0.4 is 15.5 Å². The highest BCUT2D eigenvalue weighted by atomic mass is 19.4. The van der Waals surface area contributed by atoms with Crippen LogP contribution in [0.4, 0.5) is 41.1 Å². The van der Waals surface area contributed by atoms with E-state index < -0.39 is 17.8 Å². The molecule has 0 unspecified atom stereocenters. The number of nitrogens with zero attached hydrogens (tertiary/aromatic N) is 5. The van der Waals surface area contributed by atoms with Crippen LogP contribution in [0.1, 0.15) is 24.5 Å². The number of ether oxygens (including phenoxy) is 1. The van der Waals surface area contributed by atoms with E-state index in [1.165, 1.54) is 11.2 Å². The van der Waals surface area contributed by atoms with Gasteiger partial charge in [-0.25, -0.2) is 9.78 Å². The highest BCUT2D eigenvalue weighted by molar-refractivity contribution is 5.95. The fourth-order valence-corrected chi connectivity index (χ4v) is 4.22. The van der Waals surface area contributed by atoms with Crippen molar-refractivity contribution in [3.8, 4) is 0 Å². The van der Waals surface area contributed by atoms with E-state index in [4.69, 9.17) is 4.74 Å². The number of halogens is 3. The topological polar surface area (TPSA) is 103 Å². The standard InChI is InChI=1S/C25H30F3N7O3/c1-3-17-14-18(35-12-11-33(2)16-21(35)36)6-7-20(17)31-23-30-15-19(25(26,27)28)22(32-23)29-8-4-9-34-10-5-13-38-24(34)37/h5-7,13-15H,3-4,8-12,16H2,1-2H3,(H2,29,30,31,32). The Morgan fingerprint density at radius 2 is 2.00 bits per heavy atom. The molecule has 2 aromatic rings. The van der Waals surface area contributed by atoms with Gasteiger partial charge >= 0.3 is 12.3 Å². The average molecular weight is 534 g/mol. The Hall–Kier alpha value is -3.87. The summed E-state index contributed by atoms with van der Waals surface area (Å²) < 4.78 is 45.6. The molecule has 1 aromatic carbocycles. The summed E-state index contributed by atoms with van der Waals surface area (Å²) in [4.78, 5) is 37.3. The molecule has 38 heavy (non-hydrogen) atoms. The summed E-state index contributed by atoms with van der Waals surface area (Å²) in [7, 11) is 1.90. The second-order valence-corrected chi connectivity index (χ2v) is 9.04. The number of carbonyl (C=O) groups excluding carboxylic acids is 2. The molecule has 1 saturated heterocycles. The zero-order valence-corrected chi connectivity index (χ0v) is 21.2. The van der Waals surface area contributed by atoms with Gasteiger partial charge in [-0.1, -0.05) is 6.92 Å². The zero-order chi connectivity index (χ0) is 27.3. The van der Waals surface area contributed by atoms with Crippen LogP contribution in [-0.2, 0) is 22.1 Å². The van der Waals surface area contributed by atoms with Gasteiger partial charge in [-0.3, -0.25) is 9.69 Å². The molecule has 13 heteroatoms.